The van der Waals surface area contributed by atoms with Crippen LogP contribution in [0.3, 0.4) is 0 Å². The first-order chi connectivity index (χ1) is 15.6. The fraction of sp³-hybridized carbons (Fsp3) is 0.478. The Morgan fingerprint density at radius 3 is 3.00 bits per heavy atom. The van der Waals surface area contributed by atoms with Crippen molar-refractivity contribution in [2.75, 3.05) is 42.8 Å². The lowest BCUT2D eigenvalue weighted by Gasteiger charge is -2.54. The number of nitrogens with one attached hydrogen (secondary N) is 1. The topological polar surface area (TPSA) is 98.6 Å². The van der Waals surface area contributed by atoms with Gasteiger partial charge >= 0.3 is 0 Å². The van der Waals surface area contributed by atoms with Crippen LogP contribution in [-0.4, -0.2) is 71.2 Å². The SMILES string of the molecule is N#C[C@@H]1CSCN1C(=O)CNC(=O)c1ccnc2ccc(N3CCOCC34CCC4)cc12. The molecule has 5 rings (SSSR count). The van der Waals surface area contributed by atoms with Gasteiger partial charge in [0.25, 0.3) is 5.91 Å². The van der Waals surface area contributed by atoms with E-state index < -0.39 is 6.04 Å². The van der Waals surface area contributed by atoms with Crippen LogP contribution in [0.1, 0.15) is 29.6 Å². The predicted molar refractivity (Wildman–Crippen MR) is 122 cm³/mol. The minimum absolute atomic E-state index is 0.0635. The van der Waals surface area contributed by atoms with Crippen molar-refractivity contribution in [2.45, 2.75) is 30.8 Å². The molecule has 3 fully saturated rings. The number of aromatic nitrogens is 1. The summed E-state index contributed by atoms with van der Waals surface area (Å²) in [6.45, 7) is 2.14. The molecular weight excluding hydrogens is 426 g/mol. The highest BCUT2D eigenvalue weighted by Crippen LogP contribution is 2.42. The highest BCUT2D eigenvalue weighted by atomic mass is 32.2. The molecule has 0 bridgehead atoms. The van der Waals surface area contributed by atoms with Gasteiger partial charge in [-0.3, -0.25) is 14.6 Å². The number of hydrogen-bond acceptors (Lipinski definition) is 7. The molecule has 1 aromatic carbocycles. The first kappa shape index (κ1) is 21.0. The molecule has 1 spiro atoms. The highest BCUT2D eigenvalue weighted by Gasteiger charge is 2.44. The van der Waals surface area contributed by atoms with Crippen molar-refractivity contribution in [3.8, 4) is 6.07 Å². The summed E-state index contributed by atoms with van der Waals surface area (Å²) in [6.07, 6.45) is 5.06. The molecule has 2 saturated heterocycles. The zero-order valence-electron chi connectivity index (χ0n) is 17.7. The molecule has 2 aromatic rings. The van der Waals surface area contributed by atoms with Crippen molar-refractivity contribution >= 4 is 40.2 Å². The summed E-state index contributed by atoms with van der Waals surface area (Å²) in [4.78, 5) is 33.9. The Balaban J connectivity index is 1.37. The van der Waals surface area contributed by atoms with Gasteiger partial charge in [-0.15, -0.1) is 11.8 Å². The first-order valence-corrected chi connectivity index (χ1v) is 12.1. The third-order valence-electron chi connectivity index (χ3n) is 6.72. The molecular formula is C23H25N5O3S. The van der Waals surface area contributed by atoms with Crippen molar-refractivity contribution in [1.82, 2.24) is 15.2 Å². The number of pyridine rings is 1. The normalized spacial score (nSPS) is 21.9. The Kier molecular flexibility index (Phi) is 5.66. The minimum atomic E-state index is -0.430. The minimum Gasteiger partial charge on any atom is -0.377 e. The molecule has 3 heterocycles. The van der Waals surface area contributed by atoms with Gasteiger partial charge < -0.3 is 19.9 Å². The Bertz CT molecular complexity index is 1100. The molecule has 3 aliphatic rings. The van der Waals surface area contributed by atoms with Crippen molar-refractivity contribution in [2.24, 2.45) is 0 Å². The van der Waals surface area contributed by atoms with Crippen LogP contribution >= 0.6 is 11.8 Å². The number of nitriles is 1. The third-order valence-corrected chi connectivity index (χ3v) is 7.73. The Labute approximate surface area is 190 Å². The molecule has 32 heavy (non-hydrogen) atoms. The monoisotopic (exact) mass is 451 g/mol. The smallest absolute Gasteiger partial charge is 0.252 e. The number of anilines is 1. The molecule has 2 aliphatic heterocycles. The second-order valence-electron chi connectivity index (χ2n) is 8.53. The van der Waals surface area contributed by atoms with Gasteiger partial charge in [0.05, 0.1) is 48.3 Å². The number of benzene rings is 1. The maximum Gasteiger partial charge on any atom is 0.252 e. The van der Waals surface area contributed by atoms with Crippen LogP contribution in [0.15, 0.2) is 30.5 Å². The summed E-state index contributed by atoms with van der Waals surface area (Å²) in [5.74, 6) is 0.532. The second-order valence-corrected chi connectivity index (χ2v) is 9.53. The van der Waals surface area contributed by atoms with Crippen LogP contribution in [-0.2, 0) is 9.53 Å². The molecule has 1 saturated carbocycles. The zero-order valence-corrected chi connectivity index (χ0v) is 18.6. The molecule has 1 aromatic heterocycles. The van der Waals surface area contributed by atoms with E-state index in [1.54, 1.807) is 24.0 Å². The molecule has 0 radical (unpaired) electrons. The van der Waals surface area contributed by atoms with Gasteiger partial charge in [-0.05, 0) is 43.5 Å². The van der Waals surface area contributed by atoms with Crippen molar-refractivity contribution < 1.29 is 14.3 Å². The van der Waals surface area contributed by atoms with Crippen LogP contribution in [0, 0.1) is 11.3 Å². The Morgan fingerprint density at radius 1 is 1.34 bits per heavy atom. The Hall–Kier alpha value is -2.83. The number of rotatable bonds is 4. The van der Waals surface area contributed by atoms with Gasteiger partial charge in [-0.25, -0.2) is 0 Å². The number of nitrogens with zero attached hydrogens (tertiary/aromatic N) is 4. The number of hydrogen-bond donors (Lipinski definition) is 1. The van der Waals surface area contributed by atoms with Crippen molar-refractivity contribution in [1.29, 1.82) is 5.26 Å². The Morgan fingerprint density at radius 2 is 2.22 bits per heavy atom. The van der Waals surface area contributed by atoms with Crippen molar-refractivity contribution in [3.05, 3.63) is 36.0 Å². The maximum atomic E-state index is 13.0. The number of morpholine rings is 1. The molecule has 1 atom stereocenters. The average Bonchev–Trinajstić information content (AvgIpc) is 3.29. The first-order valence-electron chi connectivity index (χ1n) is 10.9. The zero-order chi connectivity index (χ0) is 22.1. The van der Waals surface area contributed by atoms with Gasteiger partial charge in [0.15, 0.2) is 0 Å². The van der Waals surface area contributed by atoms with Gasteiger partial charge in [-0.1, -0.05) is 0 Å². The molecule has 1 N–H and O–H groups in total. The summed E-state index contributed by atoms with van der Waals surface area (Å²) in [7, 11) is 0. The van der Waals surface area contributed by atoms with Gasteiger partial charge in [-0.2, -0.15) is 5.26 Å². The third kappa shape index (κ3) is 3.67. The van der Waals surface area contributed by atoms with Crippen LogP contribution in [0.2, 0.25) is 0 Å². The maximum absolute atomic E-state index is 13.0. The summed E-state index contributed by atoms with van der Waals surface area (Å²) in [5, 5.41) is 12.7. The van der Waals surface area contributed by atoms with Crippen LogP contribution in [0.4, 0.5) is 5.69 Å². The number of carbonyl (C=O) groups is 2. The molecule has 1 aliphatic carbocycles. The van der Waals surface area contributed by atoms with Gasteiger partial charge in [0.1, 0.15) is 6.04 Å². The fourth-order valence-electron chi connectivity index (χ4n) is 4.78. The van der Waals surface area contributed by atoms with Crippen molar-refractivity contribution in [3.63, 3.8) is 0 Å². The summed E-state index contributed by atoms with van der Waals surface area (Å²) in [5.41, 5.74) is 2.37. The van der Waals surface area contributed by atoms with Crippen LogP contribution < -0.4 is 10.2 Å². The van der Waals surface area contributed by atoms with E-state index in [0.29, 0.717) is 23.8 Å². The number of fused-ring (bicyclic) bond motifs is 1. The highest BCUT2D eigenvalue weighted by molar-refractivity contribution is 7.99. The largest absolute Gasteiger partial charge is 0.377 e. The number of ether oxygens (including phenoxy) is 1. The molecule has 8 nitrogen and oxygen atoms in total. The van der Waals surface area contributed by atoms with E-state index in [1.807, 2.05) is 12.1 Å². The average molecular weight is 452 g/mol. The van der Waals surface area contributed by atoms with E-state index >= 15 is 0 Å². The lowest BCUT2D eigenvalue weighted by Crippen LogP contribution is -2.61. The summed E-state index contributed by atoms with van der Waals surface area (Å²) >= 11 is 1.55. The lowest BCUT2D eigenvalue weighted by molar-refractivity contribution is -0.129. The second kappa shape index (κ2) is 8.60. The number of amides is 2. The van der Waals surface area contributed by atoms with E-state index in [1.165, 1.54) is 11.3 Å². The number of carbonyl (C=O) groups excluding carboxylic acids is 2. The fourth-order valence-corrected chi connectivity index (χ4v) is 5.89. The van der Waals surface area contributed by atoms with E-state index in [0.717, 1.165) is 42.6 Å². The quantitative estimate of drug-likeness (QED) is 0.760. The lowest BCUT2D eigenvalue weighted by atomic mass is 9.75. The van der Waals surface area contributed by atoms with Crippen LogP contribution in [0.25, 0.3) is 10.9 Å². The summed E-state index contributed by atoms with van der Waals surface area (Å²) < 4.78 is 5.76. The standard InChI is InChI=1S/C23H25N5O3S/c24-11-17-13-32-15-27(17)21(29)12-26-22(30)18-4-7-25-20-3-2-16(10-19(18)20)28-8-9-31-14-23(28)5-1-6-23/h2-4,7,10,17H,1,5-6,8-9,12-15H2,(H,26,30)/t17-/m1/s1. The van der Waals surface area contributed by atoms with E-state index in [4.69, 9.17) is 4.74 Å². The molecule has 2 amide bonds. The van der Waals surface area contributed by atoms with Gasteiger partial charge in [0.2, 0.25) is 5.91 Å². The number of thioether (sulfide) groups is 1. The van der Waals surface area contributed by atoms with E-state index in [9.17, 15) is 14.9 Å². The molecule has 0 unspecified atom stereocenters. The predicted octanol–water partition coefficient (Wildman–Crippen LogP) is 2.15. The van der Waals surface area contributed by atoms with Gasteiger partial charge in [0, 0.05) is 29.6 Å². The summed E-state index contributed by atoms with van der Waals surface area (Å²) in [6, 6.07) is 9.46. The van der Waals surface area contributed by atoms with E-state index in [2.05, 4.69) is 27.3 Å². The molecule has 166 valence electrons. The van der Waals surface area contributed by atoms with Crippen LogP contribution in [0.5, 0.6) is 0 Å². The van der Waals surface area contributed by atoms with E-state index in [-0.39, 0.29) is 23.9 Å². The molecule has 9 heteroatoms.